The molecule has 0 fully saturated rings. The first-order chi connectivity index (χ1) is 13.7. The molecule has 0 saturated heterocycles. The fourth-order valence-corrected chi connectivity index (χ4v) is 4.41. The highest BCUT2D eigenvalue weighted by Crippen LogP contribution is 2.27. The van der Waals surface area contributed by atoms with Crippen LogP contribution in [-0.2, 0) is 17.6 Å². The van der Waals surface area contributed by atoms with E-state index >= 15 is 0 Å². The number of nitrogens with zero attached hydrogens (tertiary/aromatic N) is 3. The highest BCUT2D eigenvalue weighted by atomic mass is 32.1. The number of thiazole rings is 1. The Bertz CT molecular complexity index is 1070. The normalized spacial score (nSPS) is 11.2. The van der Waals surface area contributed by atoms with Gasteiger partial charge in [0.25, 0.3) is 0 Å². The molecule has 1 aromatic carbocycles. The lowest BCUT2D eigenvalue weighted by molar-refractivity contribution is -0.116. The van der Waals surface area contributed by atoms with Crippen LogP contribution in [0.5, 0.6) is 0 Å². The van der Waals surface area contributed by atoms with E-state index in [0.29, 0.717) is 23.3 Å². The highest BCUT2D eigenvalue weighted by molar-refractivity contribution is 7.22. The Morgan fingerprint density at radius 2 is 2.14 bits per heavy atom. The van der Waals surface area contributed by atoms with Crippen LogP contribution in [0.4, 0.5) is 5.13 Å². The summed E-state index contributed by atoms with van der Waals surface area (Å²) in [6.45, 7) is 2.19. The molecule has 1 amide bonds. The number of nitrogens with one attached hydrogen (secondary N) is 1. The highest BCUT2D eigenvalue weighted by Gasteiger charge is 2.13. The molecule has 3 aromatic heterocycles. The standard InChI is InChI=1S/C20H20N4O2S2/c1-2-3-4-13-5-6-15-16(11-13)28-20(21-15)22-17(25)7-8-18-23-19(24-26-18)14-9-10-27-12-14/h5-6,9-12H,2-4,7-8H2,1H3,(H,21,22,25). The van der Waals surface area contributed by atoms with Crippen LogP contribution < -0.4 is 5.32 Å². The van der Waals surface area contributed by atoms with Crippen LogP contribution in [0, 0.1) is 0 Å². The monoisotopic (exact) mass is 412 g/mol. The van der Waals surface area contributed by atoms with E-state index in [1.54, 1.807) is 11.3 Å². The second-order valence-electron chi connectivity index (χ2n) is 6.50. The van der Waals surface area contributed by atoms with Gasteiger partial charge in [0.15, 0.2) is 5.13 Å². The van der Waals surface area contributed by atoms with E-state index in [1.807, 2.05) is 22.9 Å². The number of rotatable bonds is 8. The SMILES string of the molecule is CCCCc1ccc2nc(NC(=O)CCc3nc(-c4ccsc4)no3)sc2c1. The zero-order valence-electron chi connectivity index (χ0n) is 15.5. The van der Waals surface area contributed by atoms with Crippen molar-refractivity contribution >= 4 is 43.9 Å². The molecule has 0 saturated carbocycles. The number of carbonyl (C=O) groups is 1. The number of hydrogen-bond donors (Lipinski definition) is 1. The first-order valence-corrected chi connectivity index (χ1v) is 11.0. The van der Waals surface area contributed by atoms with E-state index in [1.165, 1.54) is 29.7 Å². The van der Waals surface area contributed by atoms with E-state index in [9.17, 15) is 4.79 Å². The molecule has 0 radical (unpaired) electrons. The second kappa shape index (κ2) is 8.62. The topological polar surface area (TPSA) is 80.9 Å². The van der Waals surface area contributed by atoms with Crippen LogP contribution in [0.3, 0.4) is 0 Å². The van der Waals surface area contributed by atoms with Crippen LogP contribution in [0.2, 0.25) is 0 Å². The summed E-state index contributed by atoms with van der Waals surface area (Å²) in [5, 5.41) is 11.4. The van der Waals surface area contributed by atoms with Crippen molar-refractivity contribution in [3.63, 3.8) is 0 Å². The molecule has 4 aromatic rings. The summed E-state index contributed by atoms with van der Waals surface area (Å²) in [5.41, 5.74) is 3.16. The molecule has 0 aliphatic carbocycles. The Kier molecular flexibility index (Phi) is 5.78. The third-order valence-electron chi connectivity index (χ3n) is 4.33. The average molecular weight is 413 g/mol. The van der Waals surface area contributed by atoms with Crippen molar-refractivity contribution < 1.29 is 9.32 Å². The van der Waals surface area contributed by atoms with Gasteiger partial charge in [-0.3, -0.25) is 4.79 Å². The number of aryl methyl sites for hydroxylation is 2. The molecule has 144 valence electrons. The summed E-state index contributed by atoms with van der Waals surface area (Å²) in [7, 11) is 0. The Balaban J connectivity index is 1.34. The van der Waals surface area contributed by atoms with Gasteiger partial charge >= 0.3 is 0 Å². The minimum Gasteiger partial charge on any atom is -0.339 e. The number of hydrogen-bond acceptors (Lipinski definition) is 7. The number of anilines is 1. The molecule has 0 aliphatic rings. The summed E-state index contributed by atoms with van der Waals surface area (Å²) in [6.07, 6.45) is 4.09. The largest absolute Gasteiger partial charge is 0.339 e. The summed E-state index contributed by atoms with van der Waals surface area (Å²) in [6, 6.07) is 8.25. The molecule has 8 heteroatoms. The number of thiophene rings is 1. The minimum absolute atomic E-state index is 0.111. The lowest BCUT2D eigenvalue weighted by atomic mass is 10.1. The van der Waals surface area contributed by atoms with Crippen LogP contribution in [0.25, 0.3) is 21.6 Å². The molecule has 3 heterocycles. The fourth-order valence-electron chi connectivity index (χ4n) is 2.83. The quantitative estimate of drug-likeness (QED) is 0.423. The van der Waals surface area contributed by atoms with Crippen molar-refractivity contribution in [1.29, 1.82) is 0 Å². The molecule has 0 atom stereocenters. The average Bonchev–Trinajstić information content (AvgIpc) is 3.44. The number of benzene rings is 1. The van der Waals surface area contributed by atoms with E-state index < -0.39 is 0 Å². The number of fused-ring (bicyclic) bond motifs is 1. The van der Waals surface area contributed by atoms with Gasteiger partial charge in [0.1, 0.15) is 0 Å². The van der Waals surface area contributed by atoms with Gasteiger partial charge in [0.2, 0.25) is 17.6 Å². The van der Waals surface area contributed by atoms with Crippen molar-refractivity contribution in [2.75, 3.05) is 5.32 Å². The Hall–Kier alpha value is -2.58. The van der Waals surface area contributed by atoms with Gasteiger partial charge in [-0.2, -0.15) is 16.3 Å². The zero-order valence-corrected chi connectivity index (χ0v) is 17.1. The predicted molar refractivity (Wildman–Crippen MR) is 113 cm³/mol. The number of carbonyl (C=O) groups excluding carboxylic acids is 1. The maximum atomic E-state index is 12.3. The van der Waals surface area contributed by atoms with Crippen molar-refractivity contribution in [3.05, 3.63) is 46.5 Å². The third kappa shape index (κ3) is 4.45. The molecule has 1 N–H and O–H groups in total. The molecule has 4 rings (SSSR count). The molecule has 0 aliphatic heterocycles. The Morgan fingerprint density at radius 1 is 1.21 bits per heavy atom. The smallest absolute Gasteiger partial charge is 0.227 e. The summed E-state index contributed by atoms with van der Waals surface area (Å²) < 4.78 is 6.33. The lowest BCUT2D eigenvalue weighted by Crippen LogP contribution is -2.12. The van der Waals surface area contributed by atoms with E-state index in [2.05, 4.69) is 39.5 Å². The van der Waals surface area contributed by atoms with E-state index in [4.69, 9.17) is 4.52 Å². The van der Waals surface area contributed by atoms with E-state index in [0.717, 1.165) is 22.2 Å². The summed E-state index contributed by atoms with van der Waals surface area (Å²) >= 11 is 3.08. The van der Waals surface area contributed by atoms with Crippen molar-refractivity contribution in [3.8, 4) is 11.4 Å². The lowest BCUT2D eigenvalue weighted by Gasteiger charge is -1.98. The van der Waals surface area contributed by atoms with Gasteiger partial charge in [-0.15, -0.1) is 0 Å². The molecule has 0 spiro atoms. The van der Waals surface area contributed by atoms with Crippen molar-refractivity contribution in [2.45, 2.75) is 39.0 Å². The predicted octanol–water partition coefficient (Wildman–Crippen LogP) is 5.32. The van der Waals surface area contributed by atoms with Crippen LogP contribution >= 0.6 is 22.7 Å². The van der Waals surface area contributed by atoms with Crippen molar-refractivity contribution in [1.82, 2.24) is 15.1 Å². The number of unbranched alkanes of at least 4 members (excludes halogenated alkanes) is 1. The Morgan fingerprint density at radius 3 is 2.96 bits per heavy atom. The molecular formula is C20H20N4O2S2. The first kappa shape index (κ1) is 18.8. The third-order valence-corrected chi connectivity index (χ3v) is 5.95. The number of aromatic nitrogens is 3. The second-order valence-corrected chi connectivity index (χ2v) is 8.31. The molecule has 0 bridgehead atoms. The van der Waals surface area contributed by atoms with Gasteiger partial charge in [-0.25, -0.2) is 4.98 Å². The van der Waals surface area contributed by atoms with E-state index in [-0.39, 0.29) is 12.3 Å². The van der Waals surface area contributed by atoms with Crippen LogP contribution in [0.1, 0.15) is 37.6 Å². The summed E-state index contributed by atoms with van der Waals surface area (Å²) in [4.78, 5) is 21.1. The zero-order chi connectivity index (χ0) is 19.3. The van der Waals surface area contributed by atoms with Gasteiger partial charge in [-0.1, -0.05) is 35.9 Å². The van der Waals surface area contributed by atoms with Gasteiger partial charge in [0.05, 0.1) is 10.2 Å². The summed E-state index contributed by atoms with van der Waals surface area (Å²) in [5.74, 6) is 0.906. The number of amides is 1. The Labute approximate surface area is 170 Å². The van der Waals surface area contributed by atoms with Gasteiger partial charge in [-0.05, 0) is 42.0 Å². The fraction of sp³-hybridized carbons (Fsp3) is 0.300. The maximum Gasteiger partial charge on any atom is 0.227 e. The maximum absolute atomic E-state index is 12.3. The molecule has 28 heavy (non-hydrogen) atoms. The van der Waals surface area contributed by atoms with Gasteiger partial charge in [0, 0.05) is 23.8 Å². The van der Waals surface area contributed by atoms with Crippen LogP contribution in [-0.4, -0.2) is 21.0 Å². The van der Waals surface area contributed by atoms with Crippen LogP contribution in [0.15, 0.2) is 39.5 Å². The molecular weight excluding hydrogens is 392 g/mol. The minimum atomic E-state index is -0.111. The van der Waals surface area contributed by atoms with Gasteiger partial charge < -0.3 is 9.84 Å². The molecule has 6 nitrogen and oxygen atoms in total. The molecule has 0 unspecified atom stereocenters. The van der Waals surface area contributed by atoms with Crippen molar-refractivity contribution in [2.24, 2.45) is 0 Å². The first-order valence-electron chi connectivity index (χ1n) is 9.25.